The van der Waals surface area contributed by atoms with E-state index in [9.17, 15) is 18.0 Å². The van der Waals surface area contributed by atoms with E-state index in [2.05, 4.69) is 0 Å². The predicted octanol–water partition coefficient (Wildman–Crippen LogP) is 1.42. The van der Waals surface area contributed by atoms with Gasteiger partial charge in [-0.15, -0.1) is 0 Å². The van der Waals surface area contributed by atoms with Gasteiger partial charge in [-0.25, -0.2) is 17.5 Å². The zero-order valence-electron chi connectivity index (χ0n) is 12.1. The highest BCUT2D eigenvalue weighted by Crippen LogP contribution is 2.32. The lowest BCUT2D eigenvalue weighted by Gasteiger charge is -2.32. The van der Waals surface area contributed by atoms with Crippen molar-refractivity contribution in [2.45, 2.75) is 46.6 Å². The first-order valence-electron chi connectivity index (χ1n) is 6.34. The van der Waals surface area contributed by atoms with Gasteiger partial charge in [0.05, 0.1) is 18.8 Å². The van der Waals surface area contributed by atoms with E-state index < -0.39 is 22.1 Å². The smallest absolute Gasteiger partial charge is 0.274 e. The standard InChI is InChI=1S/C12H22N2O4S/c1-6-7-10(15)14-9(12(2,3)4)8-13(11(14)16)19(5,17)18/h9H,6-8H2,1-5H3/t9-/m0/s1. The van der Waals surface area contributed by atoms with Crippen LogP contribution in [-0.2, 0) is 14.8 Å². The largest absolute Gasteiger partial charge is 0.340 e. The summed E-state index contributed by atoms with van der Waals surface area (Å²) in [7, 11) is -3.64. The first-order valence-corrected chi connectivity index (χ1v) is 8.18. The van der Waals surface area contributed by atoms with E-state index in [0.29, 0.717) is 6.42 Å². The topological polar surface area (TPSA) is 74.8 Å². The molecular weight excluding hydrogens is 268 g/mol. The lowest BCUT2D eigenvalue weighted by molar-refractivity contribution is -0.130. The number of urea groups is 1. The van der Waals surface area contributed by atoms with Gasteiger partial charge >= 0.3 is 6.03 Å². The van der Waals surface area contributed by atoms with Crippen LogP contribution in [0.3, 0.4) is 0 Å². The summed E-state index contributed by atoms with van der Waals surface area (Å²) in [6.45, 7) is 7.56. The third-order valence-electron chi connectivity index (χ3n) is 3.20. The van der Waals surface area contributed by atoms with E-state index in [0.717, 1.165) is 15.5 Å². The van der Waals surface area contributed by atoms with Gasteiger partial charge in [0.1, 0.15) is 0 Å². The normalized spacial score (nSPS) is 21.1. The van der Waals surface area contributed by atoms with Crippen molar-refractivity contribution >= 4 is 22.0 Å². The van der Waals surface area contributed by atoms with Gasteiger partial charge in [-0.1, -0.05) is 27.7 Å². The van der Waals surface area contributed by atoms with Gasteiger partial charge in [-0.3, -0.25) is 9.69 Å². The number of amides is 3. The molecule has 0 aromatic carbocycles. The van der Waals surface area contributed by atoms with Crippen LogP contribution in [0.2, 0.25) is 0 Å². The Morgan fingerprint density at radius 1 is 1.37 bits per heavy atom. The Balaban J connectivity index is 3.16. The molecule has 0 saturated carbocycles. The molecule has 0 aliphatic carbocycles. The Morgan fingerprint density at radius 3 is 2.26 bits per heavy atom. The molecular formula is C12H22N2O4S. The zero-order valence-corrected chi connectivity index (χ0v) is 13.0. The SMILES string of the molecule is CCCC(=O)N1C(=O)N(S(C)(=O)=O)C[C@H]1C(C)(C)C. The third-order valence-corrected chi connectivity index (χ3v) is 4.31. The number of hydrogen-bond acceptors (Lipinski definition) is 4. The molecule has 7 heteroatoms. The van der Waals surface area contributed by atoms with Crippen LogP contribution >= 0.6 is 0 Å². The van der Waals surface area contributed by atoms with Crippen LogP contribution in [0.25, 0.3) is 0 Å². The van der Waals surface area contributed by atoms with Crippen molar-refractivity contribution in [3.05, 3.63) is 0 Å². The first-order chi connectivity index (χ1) is 8.50. The van der Waals surface area contributed by atoms with Crippen LogP contribution in [0.4, 0.5) is 4.79 Å². The lowest BCUT2D eigenvalue weighted by Crippen LogP contribution is -2.46. The number of hydrogen-bond donors (Lipinski definition) is 0. The second-order valence-corrected chi connectivity index (χ2v) is 7.88. The van der Waals surface area contributed by atoms with E-state index >= 15 is 0 Å². The third kappa shape index (κ3) is 3.26. The summed E-state index contributed by atoms with van der Waals surface area (Å²) in [6.07, 6.45) is 1.85. The van der Waals surface area contributed by atoms with Crippen LogP contribution in [0.5, 0.6) is 0 Å². The minimum atomic E-state index is -3.64. The van der Waals surface area contributed by atoms with Crippen molar-refractivity contribution in [3.8, 4) is 0 Å². The molecule has 0 bridgehead atoms. The number of imide groups is 1. The van der Waals surface area contributed by atoms with Crippen molar-refractivity contribution in [2.24, 2.45) is 5.41 Å². The molecule has 1 saturated heterocycles. The fourth-order valence-electron chi connectivity index (χ4n) is 2.12. The minimum Gasteiger partial charge on any atom is -0.274 e. The van der Waals surface area contributed by atoms with Gasteiger partial charge in [-0.05, 0) is 11.8 Å². The van der Waals surface area contributed by atoms with E-state index in [4.69, 9.17) is 0 Å². The molecule has 0 aromatic rings. The average Bonchev–Trinajstić information content (AvgIpc) is 2.55. The maximum atomic E-state index is 12.2. The Bertz CT molecular complexity index is 478. The van der Waals surface area contributed by atoms with Gasteiger partial charge in [0.2, 0.25) is 15.9 Å². The Morgan fingerprint density at radius 2 is 1.89 bits per heavy atom. The summed E-state index contributed by atoms with van der Waals surface area (Å²) in [5, 5.41) is 0. The monoisotopic (exact) mass is 290 g/mol. The second kappa shape index (κ2) is 5.11. The summed E-state index contributed by atoms with van der Waals surface area (Å²) < 4.78 is 24.0. The summed E-state index contributed by atoms with van der Waals surface area (Å²) in [5.74, 6) is -0.307. The zero-order chi connectivity index (χ0) is 15.0. The molecule has 6 nitrogen and oxygen atoms in total. The summed E-state index contributed by atoms with van der Waals surface area (Å²) in [4.78, 5) is 25.4. The lowest BCUT2D eigenvalue weighted by atomic mass is 9.86. The van der Waals surface area contributed by atoms with E-state index in [1.54, 1.807) is 0 Å². The molecule has 0 aromatic heterocycles. The number of carbonyl (C=O) groups excluding carboxylic acids is 2. The molecule has 1 fully saturated rings. The van der Waals surface area contributed by atoms with Gasteiger partial charge in [-0.2, -0.15) is 0 Å². The number of carbonyl (C=O) groups is 2. The molecule has 1 atom stereocenters. The van der Waals surface area contributed by atoms with Crippen LogP contribution in [0, 0.1) is 5.41 Å². The second-order valence-electron chi connectivity index (χ2n) is 5.97. The van der Waals surface area contributed by atoms with Crippen molar-refractivity contribution < 1.29 is 18.0 Å². The predicted molar refractivity (Wildman–Crippen MR) is 71.9 cm³/mol. The molecule has 0 spiro atoms. The van der Waals surface area contributed by atoms with Gasteiger partial charge in [0.15, 0.2) is 0 Å². The van der Waals surface area contributed by atoms with E-state index in [1.807, 2.05) is 27.7 Å². The Hall–Kier alpha value is -1.11. The Kier molecular flexibility index (Phi) is 4.29. The summed E-state index contributed by atoms with van der Waals surface area (Å²) in [6, 6.07) is -1.14. The van der Waals surface area contributed by atoms with Crippen LogP contribution < -0.4 is 0 Å². The number of rotatable bonds is 3. The molecule has 3 amide bonds. The molecule has 1 heterocycles. The molecule has 0 unspecified atom stereocenters. The van der Waals surface area contributed by atoms with Crippen LogP contribution in [-0.4, -0.2) is 48.4 Å². The molecule has 110 valence electrons. The van der Waals surface area contributed by atoms with Crippen molar-refractivity contribution in [2.75, 3.05) is 12.8 Å². The number of sulfonamides is 1. The van der Waals surface area contributed by atoms with Gasteiger partial charge in [0.25, 0.3) is 0 Å². The van der Waals surface area contributed by atoms with E-state index in [1.165, 1.54) is 0 Å². The quantitative estimate of drug-likeness (QED) is 0.788. The molecule has 19 heavy (non-hydrogen) atoms. The van der Waals surface area contributed by atoms with Crippen molar-refractivity contribution in [1.82, 2.24) is 9.21 Å². The van der Waals surface area contributed by atoms with Crippen molar-refractivity contribution in [1.29, 1.82) is 0 Å². The van der Waals surface area contributed by atoms with Crippen molar-refractivity contribution in [3.63, 3.8) is 0 Å². The molecule has 1 aliphatic heterocycles. The summed E-state index contributed by atoms with van der Waals surface area (Å²) >= 11 is 0. The average molecular weight is 290 g/mol. The first kappa shape index (κ1) is 15.9. The molecule has 1 rings (SSSR count). The maximum Gasteiger partial charge on any atom is 0.340 e. The molecule has 0 N–H and O–H groups in total. The van der Waals surface area contributed by atoms with Gasteiger partial charge < -0.3 is 0 Å². The van der Waals surface area contributed by atoms with E-state index in [-0.39, 0.29) is 24.3 Å². The highest BCUT2D eigenvalue weighted by atomic mass is 32.2. The highest BCUT2D eigenvalue weighted by molar-refractivity contribution is 7.88. The molecule has 0 radical (unpaired) electrons. The van der Waals surface area contributed by atoms with Gasteiger partial charge in [0, 0.05) is 6.42 Å². The van der Waals surface area contributed by atoms with Crippen LogP contribution in [0.1, 0.15) is 40.5 Å². The Labute approximate surface area is 114 Å². The fraction of sp³-hybridized carbons (Fsp3) is 0.833. The van der Waals surface area contributed by atoms with Crippen LogP contribution in [0.15, 0.2) is 0 Å². The fourth-order valence-corrected chi connectivity index (χ4v) is 2.91. The maximum absolute atomic E-state index is 12.2. The highest BCUT2D eigenvalue weighted by Gasteiger charge is 2.48. The molecule has 1 aliphatic rings. The number of nitrogens with zero attached hydrogens (tertiary/aromatic N) is 2. The minimum absolute atomic E-state index is 0.0383. The summed E-state index contributed by atoms with van der Waals surface area (Å²) in [5.41, 5.74) is -0.363.